The lowest BCUT2D eigenvalue weighted by Gasteiger charge is -2.22. The van der Waals surface area contributed by atoms with Gasteiger partial charge in [0.05, 0.1) is 17.8 Å². The Kier molecular flexibility index (Phi) is 13.6. The van der Waals surface area contributed by atoms with E-state index in [9.17, 15) is 24.3 Å². The largest absolute Gasteiger partial charge is 0.480 e. The highest BCUT2D eigenvalue weighted by Gasteiger charge is 2.26. The zero-order valence-electron chi connectivity index (χ0n) is 25.1. The van der Waals surface area contributed by atoms with E-state index in [2.05, 4.69) is 5.32 Å². The first-order valence-electron chi connectivity index (χ1n) is 13.8. The van der Waals surface area contributed by atoms with E-state index >= 15 is 0 Å². The van der Waals surface area contributed by atoms with Gasteiger partial charge in [-0.2, -0.15) is 0 Å². The number of benzene rings is 1. The smallest absolute Gasteiger partial charge is 0.321 e. The van der Waals surface area contributed by atoms with Crippen molar-refractivity contribution in [3.63, 3.8) is 0 Å². The summed E-state index contributed by atoms with van der Waals surface area (Å²) in [7, 11) is 0. The number of esters is 3. The third-order valence-electron chi connectivity index (χ3n) is 7.25. The Labute approximate surface area is 233 Å². The van der Waals surface area contributed by atoms with Crippen LogP contribution in [0.1, 0.15) is 74.8 Å². The molecule has 0 aromatic heterocycles. The average Bonchev–Trinajstić information content (AvgIpc) is 2.85. The third kappa shape index (κ3) is 11.0. The molecule has 0 aliphatic rings. The van der Waals surface area contributed by atoms with Crippen LogP contribution in [0.2, 0.25) is 0 Å². The summed E-state index contributed by atoms with van der Waals surface area (Å²) in [5, 5.41) is 12.7. The number of carboxylic acids is 1. The van der Waals surface area contributed by atoms with Gasteiger partial charge in [-0.1, -0.05) is 68.4 Å². The molecule has 0 heterocycles. The Hall–Kier alpha value is -2.94. The molecule has 39 heavy (non-hydrogen) atoms. The van der Waals surface area contributed by atoms with E-state index in [1.165, 1.54) is 12.1 Å². The first kappa shape index (κ1) is 34.1. The van der Waals surface area contributed by atoms with Gasteiger partial charge in [-0.25, -0.2) is 0 Å². The molecule has 5 atom stereocenters. The second kappa shape index (κ2) is 15.6. The molecular weight excluding hydrogens is 502 g/mol. The Balaban J connectivity index is 3.10. The molecule has 0 fully saturated rings. The molecule has 1 aromatic rings. The average molecular weight is 550 g/mol. The van der Waals surface area contributed by atoms with Gasteiger partial charge in [-0.3, -0.25) is 19.2 Å². The molecule has 220 valence electrons. The van der Waals surface area contributed by atoms with Crippen molar-refractivity contribution in [1.82, 2.24) is 5.32 Å². The lowest BCUT2D eigenvalue weighted by Crippen LogP contribution is -2.43. The van der Waals surface area contributed by atoms with Crippen molar-refractivity contribution >= 4 is 23.9 Å². The Morgan fingerprint density at radius 2 is 1.18 bits per heavy atom. The van der Waals surface area contributed by atoms with Gasteiger partial charge in [-0.15, -0.1) is 0 Å². The molecule has 1 rings (SSSR count). The number of aliphatic carboxylic acids is 1. The molecule has 0 saturated heterocycles. The van der Waals surface area contributed by atoms with Crippen molar-refractivity contribution in [2.45, 2.75) is 87.8 Å². The maximum atomic E-state index is 12.7. The molecule has 0 aliphatic heterocycles. The molecule has 1 aromatic carbocycles. The SMILES string of the molecule is CC(CN[C@@H](Cc1ccc(OC(=O)C(C)C(C)C)c(OC(=O)C(C)C(C)C)c1)C(=O)O)OC(=O)C(C)C(C)C. The second-order valence-corrected chi connectivity index (χ2v) is 11.5. The fraction of sp³-hybridized carbons (Fsp3) is 0.667. The fourth-order valence-corrected chi connectivity index (χ4v) is 3.20. The summed E-state index contributed by atoms with van der Waals surface area (Å²) in [5.41, 5.74) is 0.560. The summed E-state index contributed by atoms with van der Waals surface area (Å²) in [6, 6.07) is 3.68. The van der Waals surface area contributed by atoms with E-state index in [1.54, 1.807) is 33.8 Å². The second-order valence-electron chi connectivity index (χ2n) is 11.5. The fourth-order valence-electron chi connectivity index (χ4n) is 3.20. The van der Waals surface area contributed by atoms with Crippen LogP contribution < -0.4 is 14.8 Å². The molecule has 0 spiro atoms. The van der Waals surface area contributed by atoms with Gasteiger partial charge >= 0.3 is 23.9 Å². The highest BCUT2D eigenvalue weighted by atomic mass is 16.6. The zero-order chi connectivity index (χ0) is 30.0. The molecule has 0 saturated carbocycles. The number of carboxylic acid groups (broad SMARTS) is 1. The predicted molar refractivity (Wildman–Crippen MR) is 148 cm³/mol. The minimum atomic E-state index is -1.09. The highest BCUT2D eigenvalue weighted by molar-refractivity contribution is 5.79. The van der Waals surface area contributed by atoms with E-state index in [0.717, 1.165) is 0 Å². The quantitative estimate of drug-likeness (QED) is 0.232. The summed E-state index contributed by atoms with van der Waals surface area (Å²) >= 11 is 0. The number of ether oxygens (including phenoxy) is 3. The van der Waals surface area contributed by atoms with Crippen LogP contribution in [0, 0.1) is 35.5 Å². The van der Waals surface area contributed by atoms with Gasteiger partial charge < -0.3 is 24.6 Å². The van der Waals surface area contributed by atoms with Gasteiger partial charge in [-0.05, 0) is 48.8 Å². The van der Waals surface area contributed by atoms with Gasteiger partial charge in [0.15, 0.2) is 11.5 Å². The number of nitrogens with one attached hydrogen (secondary N) is 1. The van der Waals surface area contributed by atoms with Crippen molar-refractivity contribution in [3.05, 3.63) is 23.8 Å². The van der Waals surface area contributed by atoms with Crippen molar-refractivity contribution in [1.29, 1.82) is 0 Å². The van der Waals surface area contributed by atoms with Crippen LogP contribution >= 0.6 is 0 Å². The molecular formula is C30H47NO8. The van der Waals surface area contributed by atoms with Gasteiger partial charge in [0.1, 0.15) is 12.1 Å². The van der Waals surface area contributed by atoms with Crippen molar-refractivity contribution in [3.8, 4) is 11.5 Å². The first-order valence-corrected chi connectivity index (χ1v) is 13.8. The van der Waals surface area contributed by atoms with Crippen LogP contribution in [-0.2, 0) is 30.3 Å². The molecule has 0 radical (unpaired) electrons. The summed E-state index contributed by atoms with van der Waals surface area (Å²) in [5.74, 6) is -3.00. The molecule has 0 amide bonds. The summed E-state index contributed by atoms with van der Waals surface area (Å²) in [6.45, 7) is 18.6. The number of rotatable bonds is 15. The number of hydrogen-bond donors (Lipinski definition) is 2. The molecule has 0 aliphatic carbocycles. The molecule has 4 unspecified atom stereocenters. The standard InChI is InChI=1S/C30H47NO8/c1-16(2)20(8)28(34)37-19(7)15-31-24(27(32)33)13-23-11-12-25(38-29(35)21(9)17(3)4)26(14-23)39-30(36)22(10)18(5)6/h11-12,14,16-22,24,31H,13,15H2,1-10H3,(H,32,33)/t19?,20?,21?,22?,24-/m0/s1. The highest BCUT2D eigenvalue weighted by Crippen LogP contribution is 2.31. The van der Waals surface area contributed by atoms with Crippen LogP contribution in [0.3, 0.4) is 0 Å². The maximum Gasteiger partial charge on any atom is 0.321 e. The maximum absolute atomic E-state index is 12.7. The van der Waals surface area contributed by atoms with Gasteiger partial charge in [0, 0.05) is 6.54 Å². The number of carbonyl (C=O) groups excluding carboxylic acids is 3. The van der Waals surface area contributed by atoms with Crippen LogP contribution in [0.15, 0.2) is 18.2 Å². The summed E-state index contributed by atoms with van der Waals surface area (Å²) in [4.78, 5) is 49.5. The van der Waals surface area contributed by atoms with Gasteiger partial charge in [0.2, 0.25) is 0 Å². The predicted octanol–water partition coefficient (Wildman–Crippen LogP) is 4.89. The summed E-state index contributed by atoms with van der Waals surface area (Å²) < 4.78 is 16.7. The minimum Gasteiger partial charge on any atom is -0.480 e. The number of carbonyl (C=O) groups is 4. The van der Waals surface area contributed by atoms with Crippen LogP contribution in [-0.4, -0.2) is 47.7 Å². The van der Waals surface area contributed by atoms with Crippen molar-refractivity contribution < 1.29 is 38.5 Å². The van der Waals surface area contributed by atoms with Crippen LogP contribution in [0.4, 0.5) is 0 Å². The van der Waals surface area contributed by atoms with Crippen molar-refractivity contribution in [2.24, 2.45) is 35.5 Å². The van der Waals surface area contributed by atoms with Crippen molar-refractivity contribution in [2.75, 3.05) is 6.54 Å². The van der Waals surface area contributed by atoms with Gasteiger partial charge in [0.25, 0.3) is 0 Å². The van der Waals surface area contributed by atoms with E-state index in [1.807, 2.05) is 41.5 Å². The van der Waals surface area contributed by atoms with Crippen LogP contribution in [0.25, 0.3) is 0 Å². The summed E-state index contributed by atoms with van der Waals surface area (Å²) in [6.07, 6.45) is -0.474. The van der Waals surface area contributed by atoms with E-state index in [4.69, 9.17) is 14.2 Å². The lowest BCUT2D eigenvalue weighted by molar-refractivity contribution is -0.154. The molecule has 2 N–H and O–H groups in total. The Bertz CT molecular complexity index is 987. The Morgan fingerprint density at radius 1 is 0.718 bits per heavy atom. The lowest BCUT2D eigenvalue weighted by atomic mass is 9.98. The molecule has 9 heteroatoms. The van der Waals surface area contributed by atoms with E-state index in [-0.39, 0.29) is 60.0 Å². The topological polar surface area (TPSA) is 128 Å². The van der Waals surface area contributed by atoms with Crippen LogP contribution in [0.5, 0.6) is 11.5 Å². The minimum absolute atomic E-state index is 0.0350. The number of hydrogen-bond acceptors (Lipinski definition) is 8. The first-order chi connectivity index (χ1) is 18.0. The molecule has 0 bridgehead atoms. The van der Waals surface area contributed by atoms with E-state index in [0.29, 0.717) is 5.56 Å². The zero-order valence-corrected chi connectivity index (χ0v) is 25.1. The normalized spacial score (nSPS) is 15.4. The molecule has 9 nitrogen and oxygen atoms in total. The Morgan fingerprint density at radius 3 is 1.64 bits per heavy atom. The third-order valence-corrected chi connectivity index (χ3v) is 7.25. The van der Waals surface area contributed by atoms with E-state index < -0.39 is 36.0 Å². The monoisotopic (exact) mass is 549 g/mol.